The summed E-state index contributed by atoms with van der Waals surface area (Å²) in [7, 11) is 0. The van der Waals surface area contributed by atoms with Crippen LogP contribution in [0.4, 0.5) is 0 Å². The second-order valence-corrected chi connectivity index (χ2v) is 5.67. The molecule has 0 aliphatic carbocycles. The molecule has 5 heteroatoms. The maximum atomic E-state index is 12.4. The van der Waals surface area contributed by atoms with Crippen LogP contribution in [-0.2, 0) is 9.59 Å². The maximum Gasteiger partial charge on any atom is 0.228 e. The molecule has 3 fully saturated rings. The minimum atomic E-state index is -0.120. The molecule has 0 spiro atoms. The van der Waals surface area contributed by atoms with Gasteiger partial charge in [-0.2, -0.15) is 0 Å². The highest BCUT2D eigenvalue weighted by Crippen LogP contribution is 2.23. The maximum absolute atomic E-state index is 12.4. The van der Waals surface area contributed by atoms with Gasteiger partial charge in [-0.25, -0.2) is 0 Å². The molecule has 0 aromatic rings. The second-order valence-electron chi connectivity index (χ2n) is 5.67. The van der Waals surface area contributed by atoms with E-state index in [1.54, 1.807) is 0 Å². The quantitative estimate of drug-likeness (QED) is 0.703. The number of nitrogens with zero attached hydrogens (tertiary/aromatic N) is 2. The highest BCUT2D eigenvalue weighted by molar-refractivity contribution is 5.89. The number of fused-ring (bicyclic) bond motifs is 1. The fourth-order valence-electron chi connectivity index (χ4n) is 3.44. The normalized spacial score (nSPS) is 33.1. The molecular formula is C13H21N3O2. The molecule has 0 bridgehead atoms. The van der Waals surface area contributed by atoms with Crippen LogP contribution < -0.4 is 5.32 Å². The largest absolute Gasteiger partial charge is 0.355 e. The lowest BCUT2D eigenvalue weighted by Crippen LogP contribution is -2.42. The highest BCUT2D eigenvalue weighted by atomic mass is 16.2. The average molecular weight is 251 g/mol. The third-order valence-electron chi connectivity index (χ3n) is 4.44. The first kappa shape index (κ1) is 12.0. The van der Waals surface area contributed by atoms with E-state index in [-0.39, 0.29) is 17.7 Å². The third kappa shape index (κ3) is 2.23. The Labute approximate surface area is 107 Å². The molecule has 0 radical (unpaired) electrons. The zero-order chi connectivity index (χ0) is 12.5. The van der Waals surface area contributed by atoms with Crippen molar-refractivity contribution >= 4 is 11.8 Å². The summed E-state index contributed by atoms with van der Waals surface area (Å²) < 4.78 is 0. The van der Waals surface area contributed by atoms with Crippen LogP contribution in [0.1, 0.15) is 25.7 Å². The van der Waals surface area contributed by atoms with Gasteiger partial charge in [0.2, 0.25) is 11.8 Å². The van der Waals surface area contributed by atoms with E-state index < -0.39 is 0 Å². The van der Waals surface area contributed by atoms with E-state index in [2.05, 4.69) is 10.2 Å². The van der Waals surface area contributed by atoms with Crippen molar-refractivity contribution in [2.24, 2.45) is 5.92 Å². The number of carbonyl (C=O) groups excluding carboxylic acids is 2. The molecule has 2 unspecified atom stereocenters. The number of carbonyl (C=O) groups is 2. The molecule has 2 amide bonds. The van der Waals surface area contributed by atoms with Crippen LogP contribution in [0.15, 0.2) is 0 Å². The Morgan fingerprint density at radius 1 is 1.22 bits per heavy atom. The zero-order valence-electron chi connectivity index (χ0n) is 10.7. The Balaban J connectivity index is 1.64. The lowest BCUT2D eigenvalue weighted by molar-refractivity contribution is -0.136. The lowest BCUT2D eigenvalue weighted by atomic mass is 10.1. The van der Waals surface area contributed by atoms with Crippen LogP contribution in [0.5, 0.6) is 0 Å². The molecule has 0 aromatic carbocycles. The summed E-state index contributed by atoms with van der Waals surface area (Å²) in [5.41, 5.74) is 0. The Morgan fingerprint density at radius 2 is 2.06 bits per heavy atom. The molecule has 0 saturated carbocycles. The molecule has 2 atom stereocenters. The van der Waals surface area contributed by atoms with E-state index in [0.717, 1.165) is 26.1 Å². The third-order valence-corrected chi connectivity index (χ3v) is 4.44. The van der Waals surface area contributed by atoms with Crippen LogP contribution in [-0.4, -0.2) is 60.4 Å². The molecule has 100 valence electrons. The Morgan fingerprint density at radius 3 is 2.83 bits per heavy atom. The molecular weight excluding hydrogens is 230 g/mol. The van der Waals surface area contributed by atoms with Gasteiger partial charge < -0.3 is 10.2 Å². The summed E-state index contributed by atoms with van der Waals surface area (Å²) in [5.74, 6) is 0.0817. The van der Waals surface area contributed by atoms with Crippen molar-refractivity contribution < 1.29 is 9.59 Å². The van der Waals surface area contributed by atoms with Crippen molar-refractivity contribution in [2.45, 2.75) is 31.7 Å². The minimum Gasteiger partial charge on any atom is -0.355 e. The molecule has 3 saturated heterocycles. The Bertz CT molecular complexity index is 358. The average Bonchev–Trinajstić information content (AvgIpc) is 2.93. The first-order valence-corrected chi connectivity index (χ1v) is 7.03. The molecule has 3 heterocycles. The predicted octanol–water partition coefficient (Wildman–Crippen LogP) is -0.181. The van der Waals surface area contributed by atoms with Gasteiger partial charge in [-0.3, -0.25) is 14.5 Å². The molecule has 5 nitrogen and oxygen atoms in total. The van der Waals surface area contributed by atoms with E-state index >= 15 is 0 Å². The number of rotatable bonds is 1. The van der Waals surface area contributed by atoms with Crippen LogP contribution in [0, 0.1) is 5.92 Å². The summed E-state index contributed by atoms with van der Waals surface area (Å²) in [6, 6.07) is 0.557. The first-order valence-electron chi connectivity index (χ1n) is 7.03. The van der Waals surface area contributed by atoms with Gasteiger partial charge in [-0.15, -0.1) is 0 Å². The number of nitrogens with one attached hydrogen (secondary N) is 1. The van der Waals surface area contributed by atoms with Crippen molar-refractivity contribution in [3.05, 3.63) is 0 Å². The molecule has 3 rings (SSSR count). The van der Waals surface area contributed by atoms with Crippen molar-refractivity contribution in [3.63, 3.8) is 0 Å². The van der Waals surface area contributed by atoms with Crippen LogP contribution in [0.2, 0.25) is 0 Å². The van der Waals surface area contributed by atoms with Crippen LogP contribution in [0.25, 0.3) is 0 Å². The van der Waals surface area contributed by atoms with E-state index in [1.165, 1.54) is 19.4 Å². The van der Waals surface area contributed by atoms with Gasteiger partial charge in [0.25, 0.3) is 0 Å². The predicted molar refractivity (Wildman–Crippen MR) is 66.9 cm³/mol. The van der Waals surface area contributed by atoms with Gasteiger partial charge in [-0.1, -0.05) is 0 Å². The molecule has 1 N–H and O–H groups in total. The van der Waals surface area contributed by atoms with Crippen LogP contribution >= 0.6 is 0 Å². The lowest BCUT2D eigenvalue weighted by Gasteiger charge is -2.27. The number of hydrogen-bond donors (Lipinski definition) is 1. The Kier molecular flexibility index (Phi) is 3.24. The SMILES string of the molecule is O=C1CC(C(=O)N2CCCN3CCCC3C2)CN1. The topological polar surface area (TPSA) is 52.7 Å². The molecule has 3 aliphatic rings. The standard InChI is InChI=1S/C13H21N3O2/c17-12-7-10(8-14-12)13(18)16-6-2-5-15-4-1-3-11(15)9-16/h10-11H,1-9H2,(H,14,17). The van der Waals surface area contributed by atoms with Gasteiger partial charge in [0.15, 0.2) is 0 Å². The monoisotopic (exact) mass is 251 g/mol. The summed E-state index contributed by atoms with van der Waals surface area (Å²) >= 11 is 0. The summed E-state index contributed by atoms with van der Waals surface area (Å²) in [5, 5.41) is 2.75. The molecule has 18 heavy (non-hydrogen) atoms. The summed E-state index contributed by atoms with van der Waals surface area (Å²) in [6.07, 6.45) is 3.92. The molecule has 3 aliphatic heterocycles. The van der Waals surface area contributed by atoms with Crippen molar-refractivity contribution in [3.8, 4) is 0 Å². The van der Waals surface area contributed by atoms with Gasteiger partial charge in [0, 0.05) is 38.6 Å². The second kappa shape index (κ2) is 4.88. The van der Waals surface area contributed by atoms with E-state index in [1.807, 2.05) is 4.90 Å². The van der Waals surface area contributed by atoms with Crippen LogP contribution in [0.3, 0.4) is 0 Å². The number of hydrogen-bond acceptors (Lipinski definition) is 3. The summed E-state index contributed by atoms with van der Waals surface area (Å²) in [6.45, 7) is 4.56. The van der Waals surface area contributed by atoms with Crippen molar-refractivity contribution in [1.82, 2.24) is 15.1 Å². The van der Waals surface area contributed by atoms with Gasteiger partial charge in [0.05, 0.1) is 5.92 Å². The first-order chi connectivity index (χ1) is 8.74. The van der Waals surface area contributed by atoms with E-state index in [0.29, 0.717) is 19.0 Å². The number of amides is 2. The van der Waals surface area contributed by atoms with E-state index in [4.69, 9.17) is 0 Å². The molecule has 0 aromatic heterocycles. The van der Waals surface area contributed by atoms with Crippen molar-refractivity contribution in [2.75, 3.05) is 32.7 Å². The fraction of sp³-hybridized carbons (Fsp3) is 0.846. The fourth-order valence-corrected chi connectivity index (χ4v) is 3.44. The van der Waals surface area contributed by atoms with Gasteiger partial charge in [-0.05, 0) is 25.8 Å². The highest BCUT2D eigenvalue weighted by Gasteiger charge is 2.35. The zero-order valence-corrected chi connectivity index (χ0v) is 10.7. The minimum absolute atomic E-state index is 0.0191. The van der Waals surface area contributed by atoms with Crippen molar-refractivity contribution in [1.29, 1.82) is 0 Å². The smallest absolute Gasteiger partial charge is 0.228 e. The van der Waals surface area contributed by atoms with Gasteiger partial charge >= 0.3 is 0 Å². The Hall–Kier alpha value is -1.10. The van der Waals surface area contributed by atoms with E-state index in [9.17, 15) is 9.59 Å². The van der Waals surface area contributed by atoms with Gasteiger partial charge in [0.1, 0.15) is 0 Å². The summed E-state index contributed by atoms with van der Waals surface area (Å²) in [4.78, 5) is 28.1.